The monoisotopic (exact) mass is 411 g/mol. The van der Waals surface area contributed by atoms with E-state index in [1.54, 1.807) is 18.2 Å². The summed E-state index contributed by atoms with van der Waals surface area (Å²) in [5.41, 5.74) is 1.61. The third kappa shape index (κ3) is 5.14. The van der Waals surface area contributed by atoms with Crippen LogP contribution in [-0.2, 0) is 22.8 Å². The summed E-state index contributed by atoms with van der Waals surface area (Å²) in [6.07, 6.45) is -0.639. The van der Waals surface area contributed by atoms with Gasteiger partial charge in [0.15, 0.2) is 0 Å². The van der Waals surface area contributed by atoms with Crippen LogP contribution in [0.3, 0.4) is 0 Å². The lowest BCUT2D eigenvalue weighted by Crippen LogP contribution is -2.31. The zero-order chi connectivity index (χ0) is 20.9. The third-order valence-corrected chi connectivity index (χ3v) is 6.28. The molecule has 7 heteroatoms. The third-order valence-electron chi connectivity index (χ3n) is 4.51. The van der Waals surface area contributed by atoms with Crippen LogP contribution in [0, 0.1) is 0 Å². The Morgan fingerprint density at radius 3 is 2.14 bits per heavy atom. The van der Waals surface area contributed by atoms with Crippen LogP contribution in [0.4, 0.5) is 4.79 Å². The van der Waals surface area contributed by atoms with Crippen LogP contribution in [0.1, 0.15) is 11.1 Å². The Morgan fingerprint density at radius 2 is 1.48 bits per heavy atom. The van der Waals surface area contributed by atoms with Gasteiger partial charge in [0.2, 0.25) is 9.84 Å². The van der Waals surface area contributed by atoms with E-state index in [9.17, 15) is 23.4 Å². The molecule has 0 unspecified atom stereocenters. The summed E-state index contributed by atoms with van der Waals surface area (Å²) >= 11 is 0. The van der Waals surface area contributed by atoms with E-state index in [0.717, 1.165) is 11.1 Å². The molecule has 0 aliphatic carbocycles. The molecule has 0 saturated carbocycles. The zero-order valence-corrected chi connectivity index (χ0v) is 16.4. The molecule has 0 bridgehead atoms. The van der Waals surface area contributed by atoms with Crippen LogP contribution >= 0.6 is 0 Å². The fraction of sp³-hybridized carbons (Fsp3) is 0.136. The maximum absolute atomic E-state index is 12.8. The van der Waals surface area contributed by atoms with Crippen molar-refractivity contribution in [3.05, 3.63) is 90.0 Å². The van der Waals surface area contributed by atoms with Crippen LogP contribution in [0.2, 0.25) is 0 Å². The fourth-order valence-corrected chi connectivity index (χ4v) is 4.27. The van der Waals surface area contributed by atoms with Crippen molar-refractivity contribution in [2.45, 2.75) is 22.8 Å². The molecule has 0 aliphatic rings. The lowest BCUT2D eigenvalue weighted by atomic mass is 10.1. The first-order valence-corrected chi connectivity index (χ1v) is 10.5. The van der Waals surface area contributed by atoms with Crippen LogP contribution in [0.15, 0.2) is 88.7 Å². The van der Waals surface area contributed by atoms with Crippen molar-refractivity contribution in [2.24, 2.45) is 0 Å². The maximum atomic E-state index is 12.8. The van der Waals surface area contributed by atoms with Gasteiger partial charge in [-0.05, 0) is 53.9 Å². The molecule has 150 valence electrons. The van der Waals surface area contributed by atoms with E-state index in [-0.39, 0.29) is 28.6 Å². The van der Waals surface area contributed by atoms with E-state index in [4.69, 9.17) is 0 Å². The minimum atomic E-state index is -3.72. The highest BCUT2D eigenvalue weighted by Gasteiger charge is 2.18. The van der Waals surface area contributed by atoms with Gasteiger partial charge in [-0.15, -0.1) is 0 Å². The quantitative estimate of drug-likeness (QED) is 0.614. The molecule has 0 aliphatic heterocycles. The summed E-state index contributed by atoms with van der Waals surface area (Å²) in [5.74, 6) is -0.00937. The maximum Gasteiger partial charge on any atom is 0.407 e. The topological polar surface area (TPSA) is 94.9 Å². The van der Waals surface area contributed by atoms with Gasteiger partial charge in [0.1, 0.15) is 5.75 Å². The SMILES string of the molecule is O=C(O)N(CCc1cccc(S(=O)(=O)c2ccc(O)cc2)c1)Cc1ccccc1. The Labute approximate surface area is 169 Å². The second-order valence-electron chi connectivity index (χ2n) is 6.58. The first-order valence-electron chi connectivity index (χ1n) is 9.01. The van der Waals surface area contributed by atoms with Crippen molar-refractivity contribution in [1.29, 1.82) is 0 Å². The number of aromatic hydroxyl groups is 1. The van der Waals surface area contributed by atoms with Gasteiger partial charge < -0.3 is 15.1 Å². The average molecular weight is 411 g/mol. The molecule has 0 saturated heterocycles. The summed E-state index contributed by atoms with van der Waals surface area (Å²) in [5, 5.41) is 18.8. The molecule has 3 rings (SSSR count). The first kappa shape index (κ1) is 20.4. The lowest BCUT2D eigenvalue weighted by molar-refractivity contribution is 0.143. The number of sulfone groups is 1. The van der Waals surface area contributed by atoms with Crippen LogP contribution in [-0.4, -0.2) is 36.2 Å². The number of carboxylic acid groups (broad SMARTS) is 1. The van der Waals surface area contributed by atoms with Gasteiger partial charge in [0.25, 0.3) is 0 Å². The van der Waals surface area contributed by atoms with E-state index in [0.29, 0.717) is 6.42 Å². The molecular formula is C22H21NO5S. The number of rotatable bonds is 7. The van der Waals surface area contributed by atoms with Crippen molar-refractivity contribution in [1.82, 2.24) is 4.90 Å². The number of benzene rings is 3. The Hall–Kier alpha value is -3.32. The molecule has 29 heavy (non-hydrogen) atoms. The Bertz CT molecular complexity index is 1080. The van der Waals surface area contributed by atoms with Crippen LogP contribution < -0.4 is 0 Å². The number of phenols is 1. The molecule has 0 fully saturated rings. The van der Waals surface area contributed by atoms with Gasteiger partial charge >= 0.3 is 6.09 Å². The number of phenolic OH excluding ortho intramolecular Hbond substituents is 1. The standard InChI is InChI=1S/C22H21NO5S/c24-19-9-11-20(12-10-19)29(27,28)21-8-4-7-17(15-21)13-14-23(22(25)26)16-18-5-2-1-3-6-18/h1-12,15,24H,13-14,16H2,(H,25,26). The number of carbonyl (C=O) groups is 1. The number of hydrogen-bond donors (Lipinski definition) is 2. The fourth-order valence-electron chi connectivity index (χ4n) is 2.94. The van der Waals surface area contributed by atoms with Crippen molar-refractivity contribution in [3.8, 4) is 5.75 Å². The van der Waals surface area contributed by atoms with Crippen molar-refractivity contribution in [3.63, 3.8) is 0 Å². The summed E-state index contributed by atoms with van der Waals surface area (Å²) in [6, 6.07) is 21.1. The molecule has 1 amide bonds. The molecule has 0 heterocycles. The van der Waals surface area contributed by atoms with E-state index in [1.807, 2.05) is 30.3 Å². The highest BCUT2D eigenvalue weighted by Crippen LogP contribution is 2.23. The lowest BCUT2D eigenvalue weighted by Gasteiger charge is -2.19. The Kier molecular flexibility index (Phi) is 6.19. The Morgan fingerprint density at radius 1 is 0.828 bits per heavy atom. The van der Waals surface area contributed by atoms with Crippen molar-refractivity contribution >= 4 is 15.9 Å². The minimum Gasteiger partial charge on any atom is -0.508 e. The molecule has 6 nitrogen and oxygen atoms in total. The van der Waals surface area contributed by atoms with Gasteiger partial charge in [-0.3, -0.25) is 0 Å². The highest BCUT2D eigenvalue weighted by molar-refractivity contribution is 7.91. The first-order chi connectivity index (χ1) is 13.9. The largest absolute Gasteiger partial charge is 0.508 e. The molecule has 0 spiro atoms. The van der Waals surface area contributed by atoms with Gasteiger partial charge in [-0.25, -0.2) is 13.2 Å². The van der Waals surface area contributed by atoms with E-state index in [1.165, 1.54) is 35.2 Å². The summed E-state index contributed by atoms with van der Waals surface area (Å²) in [6.45, 7) is 0.509. The zero-order valence-electron chi connectivity index (χ0n) is 15.6. The average Bonchev–Trinajstić information content (AvgIpc) is 2.72. The van der Waals surface area contributed by atoms with E-state index in [2.05, 4.69) is 0 Å². The summed E-state index contributed by atoms with van der Waals surface area (Å²) in [4.78, 5) is 13.1. The number of nitrogens with zero attached hydrogens (tertiary/aromatic N) is 1. The highest BCUT2D eigenvalue weighted by atomic mass is 32.2. The van der Waals surface area contributed by atoms with E-state index >= 15 is 0 Å². The Balaban J connectivity index is 1.75. The summed E-state index contributed by atoms with van der Waals surface area (Å²) < 4.78 is 25.6. The van der Waals surface area contributed by atoms with Gasteiger partial charge in [0, 0.05) is 13.1 Å². The molecule has 0 radical (unpaired) electrons. The molecular weight excluding hydrogens is 390 g/mol. The summed E-state index contributed by atoms with van der Waals surface area (Å²) in [7, 11) is -3.72. The second-order valence-corrected chi connectivity index (χ2v) is 8.53. The van der Waals surface area contributed by atoms with Crippen molar-refractivity contribution in [2.75, 3.05) is 6.54 Å². The molecule has 0 aromatic heterocycles. The van der Waals surface area contributed by atoms with E-state index < -0.39 is 15.9 Å². The normalized spacial score (nSPS) is 11.2. The minimum absolute atomic E-state index is 0.00937. The predicted octanol–water partition coefficient (Wildman–Crippen LogP) is 3.95. The van der Waals surface area contributed by atoms with Crippen LogP contribution in [0.5, 0.6) is 5.75 Å². The van der Waals surface area contributed by atoms with Gasteiger partial charge in [0.05, 0.1) is 9.79 Å². The number of amides is 1. The number of hydrogen-bond acceptors (Lipinski definition) is 4. The molecule has 3 aromatic rings. The van der Waals surface area contributed by atoms with Gasteiger partial charge in [-0.2, -0.15) is 0 Å². The van der Waals surface area contributed by atoms with Crippen LogP contribution in [0.25, 0.3) is 0 Å². The predicted molar refractivity (Wildman–Crippen MR) is 109 cm³/mol. The molecule has 0 atom stereocenters. The van der Waals surface area contributed by atoms with Gasteiger partial charge in [-0.1, -0.05) is 42.5 Å². The smallest absolute Gasteiger partial charge is 0.407 e. The van der Waals surface area contributed by atoms with Crippen molar-refractivity contribution < 1.29 is 23.4 Å². The molecule has 3 aromatic carbocycles. The molecule has 2 N–H and O–H groups in total. The second kappa shape index (κ2) is 8.79.